The molecule has 3 aromatic carbocycles. The molecule has 14 heteroatoms. The number of nitrogens with two attached hydrogens (primary N) is 1. The Morgan fingerprint density at radius 1 is 0.783 bits per heavy atom. The quantitative estimate of drug-likeness (QED) is 0.189. The highest BCUT2D eigenvalue weighted by molar-refractivity contribution is 5.91. The van der Waals surface area contributed by atoms with Crippen molar-refractivity contribution in [3.63, 3.8) is 0 Å². The molecule has 5 aromatic rings. The summed E-state index contributed by atoms with van der Waals surface area (Å²) in [5, 5.41) is 0. The van der Waals surface area contributed by atoms with Crippen LogP contribution in [-0.2, 0) is 18.9 Å². The summed E-state index contributed by atoms with van der Waals surface area (Å²) in [5.74, 6) is -2.67. The summed E-state index contributed by atoms with van der Waals surface area (Å²) in [6.45, 7) is -0.482. The number of carbonyl (C=O) groups excluding carboxylic acids is 3. The van der Waals surface area contributed by atoms with Gasteiger partial charge in [0, 0.05) is 0 Å². The van der Waals surface area contributed by atoms with Crippen LogP contribution in [0.25, 0.3) is 11.2 Å². The van der Waals surface area contributed by atoms with Crippen molar-refractivity contribution in [2.75, 3.05) is 12.3 Å². The molecule has 1 fully saturated rings. The average Bonchev–Trinajstić information content (AvgIpc) is 3.39. The molecule has 0 saturated carbocycles. The van der Waals surface area contributed by atoms with Crippen LogP contribution in [0.4, 0.5) is 5.95 Å². The monoisotopic (exact) mass is 623 g/mol. The summed E-state index contributed by atoms with van der Waals surface area (Å²) >= 11 is 0. The van der Waals surface area contributed by atoms with E-state index in [4.69, 9.17) is 24.7 Å². The predicted molar refractivity (Wildman–Crippen MR) is 161 cm³/mol. The fraction of sp³-hybridized carbons (Fsp3) is 0.156. The van der Waals surface area contributed by atoms with Gasteiger partial charge in [0.25, 0.3) is 11.1 Å². The second-order valence-corrected chi connectivity index (χ2v) is 10.1. The summed E-state index contributed by atoms with van der Waals surface area (Å²) in [7, 11) is 0. The van der Waals surface area contributed by atoms with E-state index in [9.17, 15) is 24.0 Å². The Hall–Kier alpha value is -6.15. The van der Waals surface area contributed by atoms with E-state index in [1.54, 1.807) is 66.7 Å². The molecule has 0 amide bonds. The van der Waals surface area contributed by atoms with Gasteiger partial charge in [-0.25, -0.2) is 19.4 Å². The third-order valence-corrected chi connectivity index (χ3v) is 7.10. The van der Waals surface area contributed by atoms with Gasteiger partial charge in [0.2, 0.25) is 5.95 Å². The van der Waals surface area contributed by atoms with E-state index >= 15 is 0 Å². The van der Waals surface area contributed by atoms with E-state index in [-0.39, 0.29) is 33.8 Å². The normalized spacial score (nSPS) is 19.0. The van der Waals surface area contributed by atoms with Gasteiger partial charge >= 0.3 is 17.9 Å². The fourth-order valence-electron chi connectivity index (χ4n) is 4.95. The van der Waals surface area contributed by atoms with Crippen molar-refractivity contribution in [1.82, 2.24) is 19.5 Å². The van der Waals surface area contributed by atoms with Crippen LogP contribution in [0.1, 0.15) is 37.3 Å². The maximum absolute atomic E-state index is 13.4. The number of fused-ring (bicyclic) bond motifs is 1. The number of hydrogen-bond donors (Lipinski definition) is 2. The number of benzene rings is 3. The maximum atomic E-state index is 13.4. The number of nitrogens with one attached hydrogen (secondary N) is 1. The van der Waals surface area contributed by atoms with E-state index < -0.39 is 60.2 Å². The molecule has 0 spiro atoms. The Morgan fingerprint density at radius 2 is 1.30 bits per heavy atom. The molecule has 232 valence electrons. The molecular weight excluding hydrogens is 598 g/mol. The zero-order valence-electron chi connectivity index (χ0n) is 23.8. The molecule has 2 aromatic heterocycles. The minimum atomic E-state index is -1.55. The number of hydrogen-bond acceptors (Lipinski definition) is 12. The Labute approximate surface area is 259 Å². The first kappa shape index (κ1) is 29.9. The molecule has 1 unspecified atom stereocenters. The van der Waals surface area contributed by atoms with Crippen LogP contribution in [-0.4, -0.2) is 62.3 Å². The first-order valence-electron chi connectivity index (χ1n) is 14.0. The van der Waals surface area contributed by atoms with Crippen molar-refractivity contribution in [1.29, 1.82) is 0 Å². The van der Waals surface area contributed by atoms with Gasteiger partial charge in [-0.3, -0.25) is 19.1 Å². The third-order valence-electron chi connectivity index (χ3n) is 7.10. The van der Waals surface area contributed by atoms with Crippen LogP contribution in [0, 0.1) is 0 Å². The molecule has 46 heavy (non-hydrogen) atoms. The second-order valence-electron chi connectivity index (χ2n) is 10.1. The standard InChI is InChI=1S/C32H25N5O9/c33-32-35-26-23(27(39)36-32)34-16-22(38)37(26)28-25(46-31(42)20-14-8-3-9-15-20)24(45-30(41)19-12-6-2-7-13-19)21(44-28)17-43-29(40)18-10-4-1-5-11-18/h1-16,21,24-25,28H,17H2,(H3,33,35,36,39)/t21-,24?,25+,28-/m1/s1. The topological polar surface area (TPSA) is 195 Å². The van der Waals surface area contributed by atoms with Gasteiger partial charge in [0.05, 0.1) is 22.9 Å². The molecule has 14 nitrogen and oxygen atoms in total. The summed E-state index contributed by atoms with van der Waals surface area (Å²) < 4.78 is 24.4. The van der Waals surface area contributed by atoms with Crippen LogP contribution in [0.15, 0.2) is 107 Å². The second kappa shape index (κ2) is 12.8. The summed E-state index contributed by atoms with van der Waals surface area (Å²) in [6, 6.07) is 24.1. The van der Waals surface area contributed by atoms with Crippen LogP contribution in [0.3, 0.4) is 0 Å². The van der Waals surface area contributed by atoms with Crippen molar-refractivity contribution < 1.29 is 33.3 Å². The number of anilines is 1. The number of nitrogen functional groups attached to an aromatic ring is 1. The Balaban J connectivity index is 1.44. The molecule has 1 saturated heterocycles. The highest BCUT2D eigenvalue weighted by Gasteiger charge is 2.52. The number of nitrogens with zero attached hydrogens (tertiary/aromatic N) is 3. The molecule has 3 heterocycles. The van der Waals surface area contributed by atoms with Gasteiger partial charge in [-0.1, -0.05) is 54.6 Å². The SMILES string of the molecule is Nc1nc2c(ncc(=O)n2[C@@H]2O[C@H](COC(=O)c3ccccc3)C(OC(=O)c3ccccc3)[C@@H]2OC(=O)c2ccccc2)c(=O)[nH]1. The van der Waals surface area contributed by atoms with Crippen molar-refractivity contribution >= 4 is 35.0 Å². The summed E-state index contributed by atoms with van der Waals surface area (Å²) in [6.07, 6.45) is -4.90. The number of carbonyl (C=O) groups is 3. The number of esters is 3. The minimum Gasteiger partial charge on any atom is -0.459 e. The lowest BCUT2D eigenvalue weighted by molar-refractivity contribution is -0.0618. The van der Waals surface area contributed by atoms with E-state index in [1.165, 1.54) is 24.3 Å². The summed E-state index contributed by atoms with van der Waals surface area (Å²) in [5.41, 5.74) is 4.28. The largest absolute Gasteiger partial charge is 0.459 e. The van der Waals surface area contributed by atoms with E-state index in [0.29, 0.717) is 0 Å². The maximum Gasteiger partial charge on any atom is 0.338 e. The first-order valence-corrected chi connectivity index (χ1v) is 14.0. The fourth-order valence-corrected chi connectivity index (χ4v) is 4.95. The third kappa shape index (κ3) is 6.09. The summed E-state index contributed by atoms with van der Waals surface area (Å²) in [4.78, 5) is 75.9. The van der Waals surface area contributed by atoms with E-state index in [2.05, 4.69) is 15.0 Å². The number of aromatic nitrogens is 4. The number of rotatable bonds is 8. The van der Waals surface area contributed by atoms with Gasteiger partial charge in [-0.15, -0.1) is 0 Å². The highest BCUT2D eigenvalue weighted by Crippen LogP contribution is 2.35. The van der Waals surface area contributed by atoms with Crippen LogP contribution >= 0.6 is 0 Å². The predicted octanol–water partition coefficient (Wildman–Crippen LogP) is 2.27. The van der Waals surface area contributed by atoms with Crippen LogP contribution < -0.4 is 16.9 Å². The van der Waals surface area contributed by atoms with Crippen molar-refractivity contribution in [3.05, 3.63) is 135 Å². The average molecular weight is 624 g/mol. The smallest absolute Gasteiger partial charge is 0.338 e. The van der Waals surface area contributed by atoms with Gasteiger partial charge < -0.3 is 24.7 Å². The van der Waals surface area contributed by atoms with Crippen molar-refractivity contribution in [3.8, 4) is 0 Å². The van der Waals surface area contributed by atoms with E-state index in [1.807, 2.05) is 0 Å². The number of ether oxygens (including phenoxy) is 4. The molecule has 4 atom stereocenters. The van der Waals surface area contributed by atoms with Gasteiger partial charge in [-0.2, -0.15) is 4.98 Å². The lowest BCUT2D eigenvalue weighted by atomic mass is 10.1. The zero-order valence-corrected chi connectivity index (χ0v) is 23.8. The number of H-pyrrole nitrogens is 1. The van der Waals surface area contributed by atoms with Gasteiger partial charge in [-0.05, 0) is 36.4 Å². The first-order chi connectivity index (χ1) is 22.3. The van der Waals surface area contributed by atoms with Crippen molar-refractivity contribution in [2.45, 2.75) is 24.5 Å². The molecule has 3 N–H and O–H groups in total. The Bertz CT molecular complexity index is 2020. The minimum absolute atomic E-state index is 0.152. The van der Waals surface area contributed by atoms with Gasteiger partial charge in [0.1, 0.15) is 12.7 Å². The Morgan fingerprint density at radius 3 is 1.87 bits per heavy atom. The molecule has 1 aliphatic heterocycles. The zero-order chi connectivity index (χ0) is 32.2. The van der Waals surface area contributed by atoms with Gasteiger partial charge in [0.15, 0.2) is 29.6 Å². The van der Waals surface area contributed by atoms with Crippen LogP contribution in [0.2, 0.25) is 0 Å². The molecule has 1 aliphatic rings. The van der Waals surface area contributed by atoms with E-state index in [0.717, 1.165) is 10.8 Å². The highest BCUT2D eigenvalue weighted by atomic mass is 16.7. The van der Waals surface area contributed by atoms with Crippen LogP contribution in [0.5, 0.6) is 0 Å². The molecular formula is C32H25N5O9. The number of aromatic amines is 1. The molecule has 0 radical (unpaired) electrons. The van der Waals surface area contributed by atoms with Crippen molar-refractivity contribution in [2.24, 2.45) is 0 Å². The lowest BCUT2D eigenvalue weighted by Crippen LogP contribution is -2.42. The lowest BCUT2D eigenvalue weighted by Gasteiger charge is -2.25. The molecule has 0 bridgehead atoms. The molecule has 6 rings (SSSR count). The Kier molecular flexibility index (Phi) is 8.34. The molecule has 0 aliphatic carbocycles.